The molecule has 0 aliphatic carbocycles. The molecule has 1 unspecified atom stereocenters. The molecule has 0 aliphatic rings. The first-order valence-electron chi connectivity index (χ1n) is 7.85. The van der Waals surface area contributed by atoms with Crippen LogP contribution in [0.5, 0.6) is 5.75 Å². The molecule has 2 aromatic rings. The van der Waals surface area contributed by atoms with Gasteiger partial charge < -0.3 is 27.3 Å². The van der Waals surface area contributed by atoms with E-state index in [0.29, 0.717) is 28.1 Å². The van der Waals surface area contributed by atoms with Gasteiger partial charge in [-0.05, 0) is 31.2 Å². The van der Waals surface area contributed by atoms with Crippen molar-refractivity contribution in [2.75, 3.05) is 5.73 Å². The average Bonchev–Trinajstić information content (AvgIpc) is 2.60. The van der Waals surface area contributed by atoms with Crippen molar-refractivity contribution < 1.29 is 14.3 Å². The standard InChI is InChI=1S/C18H21N5O3/c1-10(17(22)24)26-15-8-11(16(20)21)5-6-13(15)9-23-18(25)12-3-2-4-14(19)7-12/h2-8,10H,9,19H2,1H3,(H3,20,21)(H2,22,24)(H,23,25). The molecular weight excluding hydrogens is 334 g/mol. The lowest BCUT2D eigenvalue weighted by atomic mass is 10.1. The Balaban J connectivity index is 2.20. The van der Waals surface area contributed by atoms with Crippen molar-refractivity contribution in [3.05, 3.63) is 59.2 Å². The highest BCUT2D eigenvalue weighted by molar-refractivity contribution is 5.96. The normalized spacial score (nSPS) is 11.4. The fourth-order valence-electron chi connectivity index (χ4n) is 2.18. The summed E-state index contributed by atoms with van der Waals surface area (Å²) in [4.78, 5) is 23.5. The van der Waals surface area contributed by atoms with Crippen LogP contribution < -0.4 is 27.3 Å². The molecule has 1 atom stereocenters. The predicted octanol–water partition coefficient (Wildman–Crippen LogP) is 0.735. The van der Waals surface area contributed by atoms with Gasteiger partial charge in [0.25, 0.3) is 11.8 Å². The minimum absolute atomic E-state index is 0.142. The van der Waals surface area contributed by atoms with Gasteiger partial charge in [-0.1, -0.05) is 18.2 Å². The van der Waals surface area contributed by atoms with Crippen molar-refractivity contribution in [1.29, 1.82) is 5.41 Å². The van der Waals surface area contributed by atoms with Crippen LogP contribution >= 0.6 is 0 Å². The summed E-state index contributed by atoms with van der Waals surface area (Å²) in [6.45, 7) is 1.66. The third-order valence-electron chi connectivity index (χ3n) is 3.67. The predicted molar refractivity (Wildman–Crippen MR) is 98.8 cm³/mol. The quantitative estimate of drug-likeness (QED) is 0.281. The van der Waals surface area contributed by atoms with Crippen molar-refractivity contribution in [2.24, 2.45) is 11.5 Å². The largest absolute Gasteiger partial charge is 0.481 e. The highest BCUT2D eigenvalue weighted by Gasteiger charge is 2.15. The van der Waals surface area contributed by atoms with E-state index in [2.05, 4.69) is 5.32 Å². The molecule has 136 valence electrons. The van der Waals surface area contributed by atoms with E-state index in [0.717, 1.165) is 0 Å². The van der Waals surface area contributed by atoms with Crippen LogP contribution in [-0.2, 0) is 11.3 Å². The number of nitrogen functional groups attached to an aromatic ring is 2. The molecule has 2 aromatic carbocycles. The molecule has 0 aliphatic heterocycles. The van der Waals surface area contributed by atoms with Crippen LogP contribution in [0.4, 0.5) is 5.69 Å². The maximum atomic E-state index is 12.3. The summed E-state index contributed by atoms with van der Waals surface area (Å²) in [7, 11) is 0. The zero-order valence-corrected chi connectivity index (χ0v) is 14.3. The monoisotopic (exact) mass is 355 g/mol. The number of primary amides is 1. The molecular formula is C18H21N5O3. The van der Waals surface area contributed by atoms with Gasteiger partial charge in [0.2, 0.25) is 0 Å². The van der Waals surface area contributed by atoms with Crippen molar-refractivity contribution in [3.63, 3.8) is 0 Å². The molecule has 0 heterocycles. The molecule has 0 saturated carbocycles. The van der Waals surface area contributed by atoms with Crippen LogP contribution in [-0.4, -0.2) is 23.8 Å². The smallest absolute Gasteiger partial charge is 0.258 e. The molecule has 2 rings (SSSR count). The summed E-state index contributed by atoms with van der Waals surface area (Å²) in [5.41, 5.74) is 18.4. The molecule has 0 saturated heterocycles. The maximum Gasteiger partial charge on any atom is 0.258 e. The minimum Gasteiger partial charge on any atom is -0.481 e. The number of benzene rings is 2. The molecule has 26 heavy (non-hydrogen) atoms. The van der Waals surface area contributed by atoms with Gasteiger partial charge in [0, 0.05) is 28.9 Å². The number of hydrogen-bond acceptors (Lipinski definition) is 5. The third-order valence-corrected chi connectivity index (χ3v) is 3.67. The molecule has 8 nitrogen and oxygen atoms in total. The van der Waals surface area contributed by atoms with Crippen LogP contribution in [0.1, 0.15) is 28.4 Å². The Morgan fingerprint density at radius 1 is 1.15 bits per heavy atom. The lowest BCUT2D eigenvalue weighted by Crippen LogP contribution is -2.31. The van der Waals surface area contributed by atoms with Crippen molar-refractivity contribution >= 4 is 23.3 Å². The van der Waals surface area contributed by atoms with Crippen LogP contribution in [0.3, 0.4) is 0 Å². The van der Waals surface area contributed by atoms with Crippen molar-refractivity contribution in [1.82, 2.24) is 5.32 Å². The van der Waals surface area contributed by atoms with Crippen LogP contribution in [0.25, 0.3) is 0 Å². The topological polar surface area (TPSA) is 157 Å². The number of amides is 2. The Morgan fingerprint density at radius 3 is 2.50 bits per heavy atom. The molecule has 8 N–H and O–H groups in total. The van der Waals surface area contributed by atoms with E-state index in [-0.39, 0.29) is 18.3 Å². The van der Waals surface area contributed by atoms with Gasteiger partial charge in [-0.3, -0.25) is 15.0 Å². The average molecular weight is 355 g/mol. The molecule has 0 bridgehead atoms. The maximum absolute atomic E-state index is 12.3. The Kier molecular flexibility index (Phi) is 5.79. The van der Waals surface area contributed by atoms with Gasteiger partial charge in [-0.25, -0.2) is 0 Å². The van der Waals surface area contributed by atoms with E-state index >= 15 is 0 Å². The number of nitrogens with one attached hydrogen (secondary N) is 2. The van der Waals surface area contributed by atoms with Gasteiger partial charge in [0.05, 0.1) is 0 Å². The number of ether oxygens (including phenoxy) is 1. The number of rotatable bonds is 7. The zero-order valence-electron chi connectivity index (χ0n) is 14.3. The molecule has 2 amide bonds. The van der Waals surface area contributed by atoms with E-state index < -0.39 is 12.0 Å². The SMILES string of the molecule is CC(Oc1cc(C(=N)N)ccc1CNC(=O)c1cccc(N)c1)C(N)=O. The van der Waals surface area contributed by atoms with Gasteiger partial charge in [0.1, 0.15) is 11.6 Å². The van der Waals surface area contributed by atoms with Crippen molar-refractivity contribution in [3.8, 4) is 5.75 Å². The molecule has 8 heteroatoms. The first-order chi connectivity index (χ1) is 12.3. The highest BCUT2D eigenvalue weighted by atomic mass is 16.5. The second kappa shape index (κ2) is 8.02. The lowest BCUT2D eigenvalue weighted by Gasteiger charge is -2.17. The molecule has 0 aromatic heterocycles. The summed E-state index contributed by atoms with van der Waals surface area (Å²) >= 11 is 0. The summed E-state index contributed by atoms with van der Waals surface area (Å²) in [5, 5.41) is 10.3. The summed E-state index contributed by atoms with van der Waals surface area (Å²) in [6, 6.07) is 11.4. The minimum atomic E-state index is -0.874. The lowest BCUT2D eigenvalue weighted by molar-refractivity contribution is -0.124. The fourth-order valence-corrected chi connectivity index (χ4v) is 2.18. The Labute approximate surface area is 150 Å². The Hall–Kier alpha value is -3.55. The first-order valence-corrected chi connectivity index (χ1v) is 7.85. The van der Waals surface area contributed by atoms with E-state index in [1.165, 1.54) is 13.0 Å². The van der Waals surface area contributed by atoms with Crippen LogP contribution in [0.2, 0.25) is 0 Å². The Bertz CT molecular complexity index is 850. The molecule has 0 fully saturated rings. The van der Waals surface area contributed by atoms with Crippen LogP contribution in [0, 0.1) is 5.41 Å². The van der Waals surface area contributed by atoms with Crippen LogP contribution in [0.15, 0.2) is 42.5 Å². The van der Waals surface area contributed by atoms with E-state index in [1.54, 1.807) is 36.4 Å². The molecule has 0 radical (unpaired) electrons. The second-order valence-corrected chi connectivity index (χ2v) is 5.71. The number of hydrogen-bond donors (Lipinski definition) is 5. The highest BCUT2D eigenvalue weighted by Crippen LogP contribution is 2.22. The number of carbonyl (C=O) groups excluding carboxylic acids is 2. The van der Waals surface area contributed by atoms with Gasteiger partial charge in [-0.15, -0.1) is 0 Å². The van der Waals surface area contributed by atoms with Gasteiger partial charge in [-0.2, -0.15) is 0 Å². The third kappa shape index (κ3) is 4.73. The zero-order chi connectivity index (χ0) is 19.3. The number of carbonyl (C=O) groups is 2. The first kappa shape index (κ1) is 18.8. The summed E-state index contributed by atoms with van der Waals surface area (Å²) < 4.78 is 5.56. The van der Waals surface area contributed by atoms with E-state index in [4.69, 9.17) is 27.3 Å². The second-order valence-electron chi connectivity index (χ2n) is 5.71. The van der Waals surface area contributed by atoms with E-state index in [9.17, 15) is 9.59 Å². The van der Waals surface area contributed by atoms with E-state index in [1.807, 2.05) is 0 Å². The fraction of sp³-hybridized carbons (Fsp3) is 0.167. The number of nitrogens with two attached hydrogens (primary N) is 3. The van der Waals surface area contributed by atoms with Crippen molar-refractivity contribution in [2.45, 2.75) is 19.6 Å². The molecule has 0 spiro atoms. The van der Waals surface area contributed by atoms with Gasteiger partial charge in [0.15, 0.2) is 6.10 Å². The number of anilines is 1. The summed E-state index contributed by atoms with van der Waals surface area (Å²) in [6.07, 6.45) is -0.874. The Morgan fingerprint density at radius 2 is 1.88 bits per heavy atom. The van der Waals surface area contributed by atoms with Gasteiger partial charge >= 0.3 is 0 Å². The summed E-state index contributed by atoms with van der Waals surface area (Å²) in [5.74, 6) is -0.761. The number of amidine groups is 1.